The first-order valence-corrected chi connectivity index (χ1v) is 5.25. The Morgan fingerprint density at radius 1 is 1.42 bits per heavy atom. The number of H-pyrrole nitrogens is 1. The fraction of sp³-hybridized carbons (Fsp3) is 0. The Balaban J connectivity index is 2.28. The maximum absolute atomic E-state index is 11.1. The molecule has 0 unspecified atom stereocenters. The highest BCUT2D eigenvalue weighted by Crippen LogP contribution is 2.27. The van der Waals surface area contributed by atoms with Crippen molar-refractivity contribution in [3.8, 4) is 11.8 Å². The molecule has 0 spiro atoms. The lowest BCUT2D eigenvalue weighted by molar-refractivity contribution is -0.384. The summed E-state index contributed by atoms with van der Waals surface area (Å²) < 4.78 is 1.30. The van der Waals surface area contributed by atoms with Crippen LogP contribution in [0.15, 0.2) is 30.7 Å². The van der Waals surface area contributed by atoms with Crippen LogP contribution in [0.4, 0.5) is 5.69 Å². The van der Waals surface area contributed by atoms with E-state index in [1.165, 1.54) is 29.3 Å². The highest BCUT2D eigenvalue weighted by atomic mass is 16.6. The molecular formula is C11H6N6O2. The van der Waals surface area contributed by atoms with Crippen LogP contribution in [0.5, 0.6) is 0 Å². The fourth-order valence-corrected chi connectivity index (χ4v) is 1.81. The third-order valence-electron chi connectivity index (χ3n) is 2.69. The van der Waals surface area contributed by atoms with Crippen LogP contribution < -0.4 is 0 Å². The average Bonchev–Trinajstić information content (AvgIpc) is 3.05. The number of hydrogen-bond donors (Lipinski definition) is 1. The van der Waals surface area contributed by atoms with Crippen molar-refractivity contribution in [2.45, 2.75) is 0 Å². The van der Waals surface area contributed by atoms with Crippen LogP contribution in [-0.2, 0) is 0 Å². The molecule has 92 valence electrons. The van der Waals surface area contributed by atoms with Crippen molar-refractivity contribution in [1.29, 1.82) is 5.26 Å². The largest absolute Gasteiger partial charge is 0.295 e. The maximum atomic E-state index is 11.1. The monoisotopic (exact) mass is 254 g/mol. The normalized spacial score (nSPS) is 10.5. The van der Waals surface area contributed by atoms with Gasteiger partial charge in [-0.05, 0) is 6.07 Å². The van der Waals surface area contributed by atoms with Gasteiger partial charge in [0.25, 0.3) is 5.69 Å². The molecular weight excluding hydrogens is 248 g/mol. The molecule has 2 aromatic heterocycles. The smallest absolute Gasteiger partial charge is 0.278 e. The topological polar surface area (TPSA) is 113 Å². The lowest BCUT2D eigenvalue weighted by atomic mass is 10.2. The second-order valence-electron chi connectivity index (χ2n) is 3.84. The van der Waals surface area contributed by atoms with E-state index in [0.29, 0.717) is 16.5 Å². The number of nitrogens with zero attached hydrogens (tertiary/aromatic N) is 5. The summed E-state index contributed by atoms with van der Waals surface area (Å²) in [4.78, 5) is 10.6. The Morgan fingerprint density at radius 2 is 2.26 bits per heavy atom. The SMILES string of the molecule is N#Cc1cnn(-c2cc3[nH]ncc3cc2[N+](=O)[O-])c1. The summed E-state index contributed by atoms with van der Waals surface area (Å²) in [5.74, 6) is 0. The van der Waals surface area contributed by atoms with Crippen molar-refractivity contribution in [1.82, 2.24) is 20.0 Å². The van der Waals surface area contributed by atoms with Crippen LogP contribution in [0, 0.1) is 21.4 Å². The van der Waals surface area contributed by atoms with Crippen molar-refractivity contribution in [2.75, 3.05) is 0 Å². The van der Waals surface area contributed by atoms with Gasteiger partial charge in [-0.3, -0.25) is 15.2 Å². The molecule has 0 amide bonds. The van der Waals surface area contributed by atoms with E-state index >= 15 is 0 Å². The van der Waals surface area contributed by atoms with Crippen LogP contribution in [0.25, 0.3) is 16.6 Å². The Bertz CT molecular complexity index is 825. The lowest BCUT2D eigenvalue weighted by Crippen LogP contribution is -2.00. The zero-order valence-corrected chi connectivity index (χ0v) is 9.44. The third-order valence-corrected chi connectivity index (χ3v) is 2.69. The minimum absolute atomic E-state index is 0.0958. The van der Waals surface area contributed by atoms with E-state index < -0.39 is 4.92 Å². The van der Waals surface area contributed by atoms with Crippen molar-refractivity contribution in [3.05, 3.63) is 46.4 Å². The predicted octanol–water partition coefficient (Wildman–Crippen LogP) is 1.53. The number of nitro benzene ring substituents is 1. The van der Waals surface area contributed by atoms with Crippen molar-refractivity contribution >= 4 is 16.6 Å². The summed E-state index contributed by atoms with van der Waals surface area (Å²) in [5, 5.41) is 31.0. The molecule has 19 heavy (non-hydrogen) atoms. The molecule has 3 rings (SSSR count). The molecule has 0 bridgehead atoms. The molecule has 1 aromatic carbocycles. The molecule has 2 heterocycles. The Hall–Kier alpha value is -3.21. The zero-order chi connectivity index (χ0) is 13.4. The van der Waals surface area contributed by atoms with E-state index in [1.807, 2.05) is 6.07 Å². The summed E-state index contributed by atoms with van der Waals surface area (Å²) in [6.45, 7) is 0. The Labute approximate surface area is 106 Å². The number of nitro groups is 1. The second-order valence-corrected chi connectivity index (χ2v) is 3.84. The molecule has 8 heteroatoms. The number of hydrogen-bond acceptors (Lipinski definition) is 5. The fourth-order valence-electron chi connectivity index (χ4n) is 1.81. The van der Waals surface area contributed by atoms with Gasteiger partial charge in [-0.15, -0.1) is 0 Å². The predicted molar refractivity (Wildman–Crippen MR) is 64.6 cm³/mol. The van der Waals surface area contributed by atoms with Crippen molar-refractivity contribution in [3.63, 3.8) is 0 Å². The first kappa shape index (κ1) is 10.9. The van der Waals surface area contributed by atoms with E-state index in [0.717, 1.165) is 0 Å². The first-order chi connectivity index (χ1) is 9.19. The van der Waals surface area contributed by atoms with Gasteiger partial charge in [-0.2, -0.15) is 15.5 Å². The van der Waals surface area contributed by atoms with Crippen LogP contribution in [0.3, 0.4) is 0 Å². The average molecular weight is 254 g/mol. The van der Waals surface area contributed by atoms with Gasteiger partial charge in [-0.1, -0.05) is 0 Å². The molecule has 3 aromatic rings. The Kier molecular flexibility index (Phi) is 2.25. The molecule has 0 aliphatic heterocycles. The standard InChI is InChI=1S/C11H6N6O2/c12-3-7-4-14-16(6-7)10-2-9-8(5-13-15-9)1-11(10)17(18)19/h1-2,4-6H,(H,13,15). The van der Waals surface area contributed by atoms with Gasteiger partial charge in [0.15, 0.2) is 0 Å². The van der Waals surface area contributed by atoms with Gasteiger partial charge in [0.1, 0.15) is 11.8 Å². The van der Waals surface area contributed by atoms with Crippen LogP contribution in [0.2, 0.25) is 0 Å². The quantitative estimate of drug-likeness (QED) is 0.550. The van der Waals surface area contributed by atoms with Gasteiger partial charge < -0.3 is 0 Å². The van der Waals surface area contributed by atoms with Gasteiger partial charge >= 0.3 is 0 Å². The van der Waals surface area contributed by atoms with E-state index in [2.05, 4.69) is 15.3 Å². The lowest BCUT2D eigenvalue weighted by Gasteiger charge is -2.02. The number of nitrogens with one attached hydrogen (secondary N) is 1. The Morgan fingerprint density at radius 3 is 2.95 bits per heavy atom. The summed E-state index contributed by atoms with van der Waals surface area (Å²) in [7, 11) is 0. The maximum Gasteiger partial charge on any atom is 0.295 e. The third kappa shape index (κ3) is 1.69. The summed E-state index contributed by atoms with van der Waals surface area (Å²) in [6.07, 6.45) is 4.29. The number of nitriles is 1. The molecule has 0 fully saturated rings. The molecule has 0 saturated heterocycles. The second kappa shape index (κ2) is 3.92. The number of benzene rings is 1. The molecule has 0 aliphatic carbocycles. The molecule has 1 N–H and O–H groups in total. The molecule has 0 atom stereocenters. The molecule has 0 radical (unpaired) electrons. The summed E-state index contributed by atoms with van der Waals surface area (Å²) in [5.41, 5.74) is 1.18. The minimum atomic E-state index is -0.491. The zero-order valence-electron chi connectivity index (χ0n) is 9.44. The molecule has 0 saturated carbocycles. The number of rotatable bonds is 2. The minimum Gasteiger partial charge on any atom is -0.278 e. The molecule has 8 nitrogen and oxygen atoms in total. The van der Waals surface area contributed by atoms with E-state index in [4.69, 9.17) is 5.26 Å². The van der Waals surface area contributed by atoms with E-state index in [-0.39, 0.29) is 11.4 Å². The number of aromatic nitrogens is 4. The van der Waals surface area contributed by atoms with Crippen molar-refractivity contribution < 1.29 is 4.92 Å². The van der Waals surface area contributed by atoms with Crippen LogP contribution in [-0.4, -0.2) is 24.9 Å². The van der Waals surface area contributed by atoms with Crippen molar-refractivity contribution in [2.24, 2.45) is 0 Å². The van der Waals surface area contributed by atoms with Gasteiger partial charge in [-0.25, -0.2) is 4.68 Å². The highest BCUT2D eigenvalue weighted by Gasteiger charge is 2.18. The van der Waals surface area contributed by atoms with Gasteiger partial charge in [0.2, 0.25) is 0 Å². The number of fused-ring (bicyclic) bond motifs is 1. The summed E-state index contributed by atoms with van der Waals surface area (Å²) in [6, 6.07) is 4.92. The van der Waals surface area contributed by atoms with Gasteiger partial charge in [0, 0.05) is 17.6 Å². The highest BCUT2D eigenvalue weighted by molar-refractivity contribution is 5.84. The van der Waals surface area contributed by atoms with Crippen LogP contribution in [0.1, 0.15) is 5.56 Å². The van der Waals surface area contributed by atoms with E-state index in [1.54, 1.807) is 6.07 Å². The van der Waals surface area contributed by atoms with Crippen LogP contribution >= 0.6 is 0 Å². The molecule has 0 aliphatic rings. The first-order valence-electron chi connectivity index (χ1n) is 5.25. The summed E-state index contributed by atoms with van der Waals surface area (Å²) >= 11 is 0. The van der Waals surface area contributed by atoms with E-state index in [9.17, 15) is 10.1 Å². The van der Waals surface area contributed by atoms with Gasteiger partial charge in [0.05, 0.1) is 28.4 Å². The number of aromatic amines is 1.